The standard InChI is InChI=1S/C10H17NO4/c1-2-15-10(14)11-7-5-3-4-6-8(11)9(12)13/h8H,2-7H2,1H3,(H,12,13). The van der Waals surface area contributed by atoms with Crippen LogP contribution in [0.1, 0.15) is 32.6 Å². The molecule has 1 saturated heterocycles. The molecule has 1 amide bonds. The normalized spacial score (nSPS) is 21.9. The van der Waals surface area contributed by atoms with Gasteiger partial charge in [-0.2, -0.15) is 0 Å². The first-order chi connectivity index (χ1) is 7.16. The van der Waals surface area contributed by atoms with E-state index in [2.05, 4.69) is 0 Å². The van der Waals surface area contributed by atoms with Crippen LogP contribution in [0, 0.1) is 0 Å². The number of nitrogens with zero attached hydrogens (tertiary/aromatic N) is 1. The van der Waals surface area contributed by atoms with Gasteiger partial charge in [-0.05, 0) is 19.8 Å². The molecule has 0 aromatic heterocycles. The zero-order valence-corrected chi connectivity index (χ0v) is 8.94. The van der Waals surface area contributed by atoms with Gasteiger partial charge in [0, 0.05) is 6.54 Å². The fraction of sp³-hybridized carbons (Fsp3) is 0.800. The number of hydrogen-bond donors (Lipinski definition) is 1. The molecule has 15 heavy (non-hydrogen) atoms. The van der Waals surface area contributed by atoms with Gasteiger partial charge in [0.2, 0.25) is 0 Å². The molecule has 0 spiro atoms. The van der Waals surface area contributed by atoms with E-state index in [4.69, 9.17) is 9.84 Å². The Balaban J connectivity index is 2.69. The highest BCUT2D eigenvalue weighted by Gasteiger charge is 2.31. The van der Waals surface area contributed by atoms with Gasteiger partial charge < -0.3 is 9.84 Å². The minimum atomic E-state index is -0.940. The maximum Gasteiger partial charge on any atom is 0.410 e. The van der Waals surface area contributed by atoms with Crippen LogP contribution in [0.4, 0.5) is 4.79 Å². The van der Waals surface area contributed by atoms with E-state index < -0.39 is 18.1 Å². The average molecular weight is 215 g/mol. The summed E-state index contributed by atoms with van der Waals surface area (Å²) in [5.41, 5.74) is 0. The summed E-state index contributed by atoms with van der Waals surface area (Å²) in [6, 6.07) is -0.716. The quantitative estimate of drug-likeness (QED) is 0.757. The Kier molecular flexibility index (Phi) is 4.39. The Hall–Kier alpha value is -1.26. The smallest absolute Gasteiger partial charge is 0.410 e. The first-order valence-corrected chi connectivity index (χ1v) is 5.33. The lowest BCUT2D eigenvalue weighted by molar-refractivity contribution is -0.142. The summed E-state index contributed by atoms with van der Waals surface area (Å²) in [6.45, 7) is 2.48. The van der Waals surface area contributed by atoms with Crippen LogP contribution >= 0.6 is 0 Å². The van der Waals surface area contributed by atoms with E-state index in [0.29, 0.717) is 13.0 Å². The van der Waals surface area contributed by atoms with Gasteiger partial charge in [0.05, 0.1) is 6.61 Å². The zero-order valence-electron chi connectivity index (χ0n) is 8.94. The minimum Gasteiger partial charge on any atom is -0.480 e. The molecule has 1 rings (SSSR count). The Morgan fingerprint density at radius 3 is 2.73 bits per heavy atom. The number of aliphatic carboxylic acids is 1. The topological polar surface area (TPSA) is 66.8 Å². The molecule has 0 saturated carbocycles. The van der Waals surface area contributed by atoms with Crippen LogP contribution < -0.4 is 0 Å². The van der Waals surface area contributed by atoms with Crippen molar-refractivity contribution in [3.63, 3.8) is 0 Å². The van der Waals surface area contributed by atoms with Crippen molar-refractivity contribution in [3.8, 4) is 0 Å². The molecular weight excluding hydrogens is 198 g/mol. The van der Waals surface area contributed by atoms with Crippen LogP contribution in [0.5, 0.6) is 0 Å². The van der Waals surface area contributed by atoms with Crippen LogP contribution in [0.15, 0.2) is 0 Å². The maximum absolute atomic E-state index is 11.5. The molecule has 0 aromatic carbocycles. The van der Waals surface area contributed by atoms with Gasteiger partial charge >= 0.3 is 12.1 Å². The number of hydrogen-bond acceptors (Lipinski definition) is 3. The second kappa shape index (κ2) is 5.58. The summed E-state index contributed by atoms with van der Waals surface area (Å²) in [6.07, 6.45) is 2.69. The molecule has 0 aliphatic carbocycles. The molecule has 1 atom stereocenters. The molecule has 1 unspecified atom stereocenters. The highest BCUT2D eigenvalue weighted by Crippen LogP contribution is 2.17. The molecule has 86 valence electrons. The summed E-state index contributed by atoms with van der Waals surface area (Å²) >= 11 is 0. The number of ether oxygens (including phenoxy) is 1. The van der Waals surface area contributed by atoms with Crippen LogP contribution in [0.2, 0.25) is 0 Å². The molecule has 0 aromatic rings. The molecule has 1 aliphatic heterocycles. The Labute approximate surface area is 89.0 Å². The number of carboxylic acid groups (broad SMARTS) is 1. The van der Waals surface area contributed by atoms with Crippen molar-refractivity contribution < 1.29 is 19.4 Å². The predicted octanol–water partition coefficient (Wildman–Crippen LogP) is 1.47. The van der Waals surface area contributed by atoms with Crippen molar-refractivity contribution >= 4 is 12.1 Å². The predicted molar refractivity (Wildman–Crippen MR) is 53.6 cm³/mol. The summed E-state index contributed by atoms with van der Waals surface area (Å²) in [4.78, 5) is 23.8. The van der Waals surface area contributed by atoms with Gasteiger partial charge in [-0.15, -0.1) is 0 Å². The van der Waals surface area contributed by atoms with Crippen molar-refractivity contribution in [2.24, 2.45) is 0 Å². The van der Waals surface area contributed by atoms with E-state index in [9.17, 15) is 9.59 Å². The van der Waals surface area contributed by atoms with Crippen molar-refractivity contribution in [2.75, 3.05) is 13.2 Å². The van der Waals surface area contributed by atoms with Gasteiger partial charge in [-0.1, -0.05) is 12.8 Å². The van der Waals surface area contributed by atoms with Crippen molar-refractivity contribution in [3.05, 3.63) is 0 Å². The lowest BCUT2D eigenvalue weighted by atomic mass is 10.1. The molecule has 1 N–H and O–H groups in total. The van der Waals surface area contributed by atoms with E-state index >= 15 is 0 Å². The summed E-state index contributed by atoms with van der Waals surface area (Å²) in [5.74, 6) is -0.940. The van der Waals surface area contributed by atoms with E-state index in [1.165, 1.54) is 4.90 Å². The lowest BCUT2D eigenvalue weighted by Crippen LogP contribution is -2.44. The van der Waals surface area contributed by atoms with E-state index in [1.807, 2.05) is 0 Å². The molecule has 0 bridgehead atoms. The van der Waals surface area contributed by atoms with Crippen molar-refractivity contribution in [2.45, 2.75) is 38.6 Å². The van der Waals surface area contributed by atoms with E-state index in [1.54, 1.807) is 6.92 Å². The van der Waals surface area contributed by atoms with Crippen molar-refractivity contribution in [1.82, 2.24) is 4.90 Å². The third kappa shape index (κ3) is 3.11. The molecule has 1 aliphatic rings. The third-order valence-corrected chi connectivity index (χ3v) is 2.54. The first kappa shape index (κ1) is 11.8. The van der Waals surface area contributed by atoms with Gasteiger partial charge in [-0.3, -0.25) is 4.90 Å². The average Bonchev–Trinajstić information content (AvgIpc) is 2.42. The fourth-order valence-corrected chi connectivity index (χ4v) is 1.79. The lowest BCUT2D eigenvalue weighted by Gasteiger charge is -2.25. The largest absolute Gasteiger partial charge is 0.480 e. The molecule has 5 heteroatoms. The van der Waals surface area contributed by atoms with E-state index in [0.717, 1.165) is 19.3 Å². The van der Waals surface area contributed by atoms with Gasteiger partial charge in [0.25, 0.3) is 0 Å². The maximum atomic E-state index is 11.5. The van der Waals surface area contributed by atoms with Gasteiger partial charge in [0.1, 0.15) is 6.04 Å². The zero-order chi connectivity index (χ0) is 11.3. The van der Waals surface area contributed by atoms with Crippen LogP contribution in [0.3, 0.4) is 0 Å². The van der Waals surface area contributed by atoms with Gasteiger partial charge in [-0.25, -0.2) is 9.59 Å². The Morgan fingerprint density at radius 2 is 2.13 bits per heavy atom. The molecule has 1 heterocycles. The summed E-state index contributed by atoms with van der Waals surface area (Å²) < 4.78 is 4.84. The monoisotopic (exact) mass is 215 g/mol. The third-order valence-electron chi connectivity index (χ3n) is 2.54. The molecule has 5 nitrogen and oxygen atoms in total. The summed E-state index contributed by atoms with van der Waals surface area (Å²) in [5, 5.41) is 9.00. The number of carbonyl (C=O) groups is 2. The van der Waals surface area contributed by atoms with Crippen molar-refractivity contribution in [1.29, 1.82) is 0 Å². The number of amides is 1. The van der Waals surface area contributed by atoms with Crippen LogP contribution in [-0.2, 0) is 9.53 Å². The SMILES string of the molecule is CCOC(=O)N1CCCCCC1C(=O)O. The second-order valence-electron chi connectivity index (χ2n) is 3.60. The Morgan fingerprint density at radius 1 is 1.40 bits per heavy atom. The van der Waals surface area contributed by atoms with Crippen LogP contribution in [0.25, 0.3) is 0 Å². The summed E-state index contributed by atoms with van der Waals surface area (Å²) in [7, 11) is 0. The van der Waals surface area contributed by atoms with E-state index in [-0.39, 0.29) is 6.61 Å². The first-order valence-electron chi connectivity index (χ1n) is 5.33. The fourth-order valence-electron chi connectivity index (χ4n) is 1.79. The number of carbonyl (C=O) groups excluding carboxylic acids is 1. The van der Waals surface area contributed by atoms with Gasteiger partial charge in [0.15, 0.2) is 0 Å². The number of likely N-dealkylation sites (tertiary alicyclic amines) is 1. The number of rotatable bonds is 2. The molecule has 1 fully saturated rings. The molecule has 0 radical (unpaired) electrons. The second-order valence-corrected chi connectivity index (χ2v) is 3.60. The highest BCUT2D eigenvalue weighted by molar-refractivity contribution is 5.80. The molecular formula is C10H17NO4. The highest BCUT2D eigenvalue weighted by atomic mass is 16.6. The number of carboxylic acids is 1. The minimum absolute atomic E-state index is 0.279. The Bertz CT molecular complexity index is 242. The van der Waals surface area contributed by atoms with Crippen LogP contribution in [-0.4, -0.2) is 41.3 Å².